The second-order valence-electron chi connectivity index (χ2n) is 3.41. The summed E-state index contributed by atoms with van der Waals surface area (Å²) in [4.78, 5) is 6.46. The summed E-state index contributed by atoms with van der Waals surface area (Å²) in [6.07, 6.45) is 6.48. The van der Waals surface area contributed by atoms with Crippen molar-refractivity contribution in [1.29, 1.82) is 0 Å². The summed E-state index contributed by atoms with van der Waals surface area (Å²) >= 11 is 0. The minimum absolute atomic E-state index is 0.692. The highest BCUT2D eigenvalue weighted by atomic mass is 16.5. The van der Waals surface area contributed by atoms with Crippen molar-refractivity contribution in [2.75, 3.05) is 25.1 Å². The van der Waals surface area contributed by atoms with Crippen molar-refractivity contribution >= 4 is 5.69 Å². The Morgan fingerprint density at radius 3 is 2.86 bits per heavy atom. The van der Waals surface area contributed by atoms with Crippen molar-refractivity contribution < 1.29 is 4.74 Å². The summed E-state index contributed by atoms with van der Waals surface area (Å²) in [5, 5.41) is 0. The van der Waals surface area contributed by atoms with Gasteiger partial charge in [-0.2, -0.15) is 0 Å². The number of pyridine rings is 1. The molecule has 3 nitrogen and oxygen atoms in total. The number of aromatic nitrogens is 1. The number of rotatable bonds is 2. The molecule has 0 aliphatic carbocycles. The minimum Gasteiger partial charge on any atom is -0.481 e. The summed E-state index contributed by atoms with van der Waals surface area (Å²) < 4.78 is 5.10. The summed E-state index contributed by atoms with van der Waals surface area (Å²) in [7, 11) is 1.65. The zero-order valence-corrected chi connectivity index (χ0v) is 8.44. The Labute approximate surface area is 84.7 Å². The SMILES string of the molecule is COc1cc(N2CC[CH]CC2)ccn1. The van der Waals surface area contributed by atoms with E-state index in [2.05, 4.69) is 16.3 Å². The molecule has 3 heteroatoms. The van der Waals surface area contributed by atoms with Crippen molar-refractivity contribution in [3.05, 3.63) is 24.8 Å². The van der Waals surface area contributed by atoms with Crippen LogP contribution in [-0.4, -0.2) is 25.2 Å². The summed E-state index contributed by atoms with van der Waals surface area (Å²) in [6.45, 7) is 2.21. The van der Waals surface area contributed by atoms with E-state index in [9.17, 15) is 0 Å². The lowest BCUT2D eigenvalue weighted by Gasteiger charge is -2.28. The Balaban J connectivity index is 2.13. The van der Waals surface area contributed by atoms with Crippen LogP contribution in [0.2, 0.25) is 0 Å². The van der Waals surface area contributed by atoms with E-state index in [1.54, 1.807) is 13.3 Å². The molecule has 1 aromatic heterocycles. The highest BCUT2D eigenvalue weighted by molar-refractivity contribution is 5.48. The molecule has 2 heterocycles. The molecule has 0 bridgehead atoms. The molecular formula is C11H15N2O. The molecule has 0 aromatic carbocycles. The lowest BCUT2D eigenvalue weighted by Crippen LogP contribution is -2.29. The largest absolute Gasteiger partial charge is 0.481 e. The first-order chi connectivity index (χ1) is 6.90. The summed E-state index contributed by atoms with van der Waals surface area (Å²) in [5.41, 5.74) is 1.21. The number of hydrogen-bond acceptors (Lipinski definition) is 3. The average Bonchev–Trinajstić information content (AvgIpc) is 2.30. The molecule has 1 saturated heterocycles. The van der Waals surface area contributed by atoms with Crippen molar-refractivity contribution in [3.8, 4) is 5.88 Å². The molecule has 0 saturated carbocycles. The van der Waals surface area contributed by atoms with Gasteiger partial charge in [-0.15, -0.1) is 0 Å². The lowest BCUT2D eigenvalue weighted by molar-refractivity contribution is 0.398. The highest BCUT2D eigenvalue weighted by Gasteiger charge is 2.11. The van der Waals surface area contributed by atoms with Gasteiger partial charge in [0, 0.05) is 31.0 Å². The Bertz CT molecular complexity index is 295. The molecule has 0 atom stereocenters. The van der Waals surface area contributed by atoms with Gasteiger partial charge in [0.2, 0.25) is 5.88 Å². The molecule has 75 valence electrons. The van der Waals surface area contributed by atoms with Crippen LogP contribution >= 0.6 is 0 Å². The van der Waals surface area contributed by atoms with Crippen LogP contribution in [-0.2, 0) is 0 Å². The van der Waals surface area contributed by atoms with Gasteiger partial charge in [0.15, 0.2) is 0 Å². The smallest absolute Gasteiger partial charge is 0.214 e. The molecule has 1 fully saturated rings. The van der Waals surface area contributed by atoms with Gasteiger partial charge in [0.05, 0.1) is 7.11 Å². The van der Waals surface area contributed by atoms with E-state index >= 15 is 0 Å². The van der Waals surface area contributed by atoms with Gasteiger partial charge in [-0.1, -0.05) is 0 Å². The molecule has 0 N–H and O–H groups in total. The van der Waals surface area contributed by atoms with Crippen molar-refractivity contribution in [2.45, 2.75) is 12.8 Å². The van der Waals surface area contributed by atoms with E-state index in [4.69, 9.17) is 4.74 Å². The highest BCUT2D eigenvalue weighted by Crippen LogP contribution is 2.21. The minimum atomic E-state index is 0.692. The van der Waals surface area contributed by atoms with Crippen LogP contribution in [0.5, 0.6) is 5.88 Å². The van der Waals surface area contributed by atoms with E-state index in [0.717, 1.165) is 13.1 Å². The third-order valence-corrected chi connectivity index (χ3v) is 2.50. The molecule has 0 spiro atoms. The van der Waals surface area contributed by atoms with Crippen LogP contribution in [0.25, 0.3) is 0 Å². The first-order valence-electron chi connectivity index (χ1n) is 4.97. The van der Waals surface area contributed by atoms with Crippen LogP contribution < -0.4 is 9.64 Å². The fourth-order valence-corrected chi connectivity index (χ4v) is 1.72. The van der Waals surface area contributed by atoms with Gasteiger partial charge in [-0.05, 0) is 25.3 Å². The molecule has 1 aromatic rings. The van der Waals surface area contributed by atoms with Gasteiger partial charge < -0.3 is 9.64 Å². The Morgan fingerprint density at radius 2 is 2.14 bits per heavy atom. The zero-order chi connectivity index (χ0) is 9.80. The van der Waals surface area contributed by atoms with Crippen molar-refractivity contribution in [1.82, 2.24) is 4.98 Å². The topological polar surface area (TPSA) is 25.4 Å². The Hall–Kier alpha value is -1.25. The maximum absolute atomic E-state index is 5.10. The second kappa shape index (κ2) is 4.31. The third-order valence-electron chi connectivity index (χ3n) is 2.50. The van der Waals surface area contributed by atoms with E-state index in [0.29, 0.717) is 5.88 Å². The number of ether oxygens (including phenoxy) is 1. The van der Waals surface area contributed by atoms with E-state index in [-0.39, 0.29) is 0 Å². The first kappa shape index (κ1) is 9.31. The first-order valence-corrected chi connectivity index (χ1v) is 4.97. The fraction of sp³-hybridized carbons (Fsp3) is 0.455. The molecule has 14 heavy (non-hydrogen) atoms. The zero-order valence-electron chi connectivity index (χ0n) is 8.44. The number of hydrogen-bond donors (Lipinski definition) is 0. The predicted octanol–water partition coefficient (Wildman–Crippen LogP) is 1.89. The molecule has 0 amide bonds. The quantitative estimate of drug-likeness (QED) is 0.713. The maximum Gasteiger partial charge on any atom is 0.214 e. The summed E-state index contributed by atoms with van der Waals surface area (Å²) in [6, 6.07) is 4.03. The lowest BCUT2D eigenvalue weighted by atomic mass is 10.1. The molecule has 0 unspecified atom stereocenters. The number of nitrogens with zero attached hydrogens (tertiary/aromatic N) is 2. The molecule has 2 rings (SSSR count). The van der Waals surface area contributed by atoms with Crippen LogP contribution in [0.4, 0.5) is 5.69 Å². The average molecular weight is 191 g/mol. The van der Waals surface area contributed by atoms with Crippen LogP contribution in [0.3, 0.4) is 0 Å². The van der Waals surface area contributed by atoms with Crippen molar-refractivity contribution in [3.63, 3.8) is 0 Å². The Morgan fingerprint density at radius 1 is 1.36 bits per heavy atom. The Kier molecular flexibility index (Phi) is 2.87. The van der Waals surface area contributed by atoms with Gasteiger partial charge in [-0.3, -0.25) is 0 Å². The van der Waals surface area contributed by atoms with Crippen LogP contribution in [0.15, 0.2) is 18.3 Å². The molecular weight excluding hydrogens is 176 g/mol. The monoisotopic (exact) mass is 191 g/mol. The molecule has 1 aliphatic rings. The molecule has 1 aliphatic heterocycles. The van der Waals surface area contributed by atoms with Crippen molar-refractivity contribution in [2.24, 2.45) is 0 Å². The maximum atomic E-state index is 5.10. The number of piperidine rings is 1. The van der Waals surface area contributed by atoms with E-state index in [1.807, 2.05) is 12.1 Å². The number of anilines is 1. The summed E-state index contributed by atoms with van der Waals surface area (Å²) in [5.74, 6) is 0.692. The third kappa shape index (κ3) is 1.97. The van der Waals surface area contributed by atoms with Crippen LogP contribution in [0, 0.1) is 6.42 Å². The van der Waals surface area contributed by atoms with E-state index < -0.39 is 0 Å². The predicted molar refractivity (Wildman–Crippen MR) is 56.5 cm³/mol. The fourth-order valence-electron chi connectivity index (χ4n) is 1.72. The second-order valence-corrected chi connectivity index (χ2v) is 3.41. The standard InChI is InChI=1S/C11H15N2O/c1-14-11-9-10(5-6-12-11)13-7-3-2-4-8-13/h2,5-6,9H,3-4,7-8H2,1H3. The van der Waals surface area contributed by atoms with Gasteiger partial charge in [-0.25, -0.2) is 4.98 Å². The number of methoxy groups -OCH3 is 1. The molecule has 1 radical (unpaired) electrons. The van der Waals surface area contributed by atoms with Crippen LogP contribution in [0.1, 0.15) is 12.8 Å². The van der Waals surface area contributed by atoms with E-state index in [1.165, 1.54) is 18.5 Å². The van der Waals surface area contributed by atoms with Gasteiger partial charge >= 0.3 is 0 Å². The normalized spacial score (nSPS) is 16.8. The van der Waals surface area contributed by atoms with Gasteiger partial charge in [0.25, 0.3) is 0 Å². The van der Waals surface area contributed by atoms with Gasteiger partial charge in [0.1, 0.15) is 0 Å².